The van der Waals surface area contributed by atoms with E-state index < -0.39 is 0 Å². The first-order chi connectivity index (χ1) is 11.6. The van der Waals surface area contributed by atoms with Gasteiger partial charge in [0.2, 0.25) is 5.91 Å². The van der Waals surface area contributed by atoms with Crippen molar-refractivity contribution in [3.05, 3.63) is 24.0 Å². The molecule has 0 radical (unpaired) electrons. The number of methoxy groups -OCH3 is 2. The lowest BCUT2D eigenvalue weighted by Crippen LogP contribution is -2.15. The number of rotatable bonds is 8. The normalized spacial score (nSPS) is 10.5. The number of anilines is 1. The van der Waals surface area contributed by atoms with Gasteiger partial charge in [-0.05, 0) is 19.1 Å². The third-order valence-electron chi connectivity index (χ3n) is 3.44. The summed E-state index contributed by atoms with van der Waals surface area (Å²) in [6.07, 6.45) is 0.816. The van der Waals surface area contributed by atoms with E-state index >= 15 is 0 Å². The maximum atomic E-state index is 12.2. The third-order valence-corrected chi connectivity index (χ3v) is 4.41. The molecule has 24 heavy (non-hydrogen) atoms. The highest BCUT2D eigenvalue weighted by Crippen LogP contribution is 2.29. The summed E-state index contributed by atoms with van der Waals surface area (Å²) in [6.45, 7) is 4.86. The number of aromatic nitrogens is 3. The Hall–Kier alpha value is -2.22. The molecular formula is C16H22N4O3S. The van der Waals surface area contributed by atoms with Gasteiger partial charge in [-0.3, -0.25) is 4.79 Å². The number of nitrogens with one attached hydrogen (secondary N) is 1. The third kappa shape index (κ3) is 4.19. The lowest BCUT2D eigenvalue weighted by atomic mass is 10.2. The van der Waals surface area contributed by atoms with Crippen molar-refractivity contribution in [1.82, 2.24) is 14.8 Å². The van der Waals surface area contributed by atoms with Gasteiger partial charge in [-0.2, -0.15) is 0 Å². The minimum absolute atomic E-state index is 0.132. The van der Waals surface area contributed by atoms with Crippen molar-refractivity contribution in [3.8, 4) is 11.5 Å². The maximum absolute atomic E-state index is 12.2. The van der Waals surface area contributed by atoms with Gasteiger partial charge in [0.05, 0.1) is 25.7 Å². The molecule has 8 heteroatoms. The Kier molecular flexibility index (Phi) is 6.48. The van der Waals surface area contributed by atoms with Crippen LogP contribution in [0.5, 0.6) is 11.5 Å². The zero-order valence-electron chi connectivity index (χ0n) is 14.3. The van der Waals surface area contributed by atoms with Crippen LogP contribution in [-0.4, -0.2) is 40.6 Å². The minimum atomic E-state index is -0.132. The molecule has 1 amide bonds. The smallest absolute Gasteiger partial charge is 0.234 e. The van der Waals surface area contributed by atoms with Crippen molar-refractivity contribution in [1.29, 1.82) is 0 Å². The van der Waals surface area contributed by atoms with Gasteiger partial charge in [-0.15, -0.1) is 10.2 Å². The lowest BCUT2D eigenvalue weighted by Gasteiger charge is -2.11. The van der Waals surface area contributed by atoms with Crippen LogP contribution in [0, 0.1) is 0 Å². The fourth-order valence-corrected chi connectivity index (χ4v) is 3.04. The van der Waals surface area contributed by atoms with E-state index in [0.717, 1.165) is 23.9 Å². The van der Waals surface area contributed by atoms with Crippen molar-refractivity contribution < 1.29 is 14.3 Å². The first-order valence-corrected chi connectivity index (χ1v) is 8.68. The van der Waals surface area contributed by atoms with Crippen LogP contribution < -0.4 is 14.8 Å². The summed E-state index contributed by atoms with van der Waals surface area (Å²) >= 11 is 1.37. The van der Waals surface area contributed by atoms with E-state index in [0.29, 0.717) is 17.2 Å². The van der Waals surface area contributed by atoms with Gasteiger partial charge in [-0.1, -0.05) is 18.7 Å². The van der Waals surface area contributed by atoms with E-state index in [1.807, 2.05) is 18.4 Å². The van der Waals surface area contributed by atoms with Gasteiger partial charge in [0, 0.05) is 19.0 Å². The topological polar surface area (TPSA) is 78.3 Å². The van der Waals surface area contributed by atoms with Crippen LogP contribution in [0.1, 0.15) is 19.7 Å². The Balaban J connectivity index is 2.00. The van der Waals surface area contributed by atoms with E-state index in [1.54, 1.807) is 32.4 Å². The number of ether oxygens (including phenoxy) is 2. The number of carbonyl (C=O) groups is 1. The zero-order chi connectivity index (χ0) is 17.5. The first-order valence-electron chi connectivity index (χ1n) is 7.69. The predicted molar refractivity (Wildman–Crippen MR) is 94.0 cm³/mol. The Morgan fingerprint density at radius 3 is 2.67 bits per heavy atom. The summed E-state index contributed by atoms with van der Waals surface area (Å²) in [5.74, 6) is 2.27. The Morgan fingerprint density at radius 2 is 2.04 bits per heavy atom. The van der Waals surface area contributed by atoms with Crippen LogP contribution >= 0.6 is 11.8 Å². The molecule has 7 nitrogen and oxygen atoms in total. The molecule has 1 N–H and O–H groups in total. The number of nitrogens with zero attached hydrogens (tertiary/aromatic N) is 3. The van der Waals surface area contributed by atoms with Crippen LogP contribution in [0.25, 0.3) is 0 Å². The first kappa shape index (κ1) is 18.1. The van der Waals surface area contributed by atoms with Crippen molar-refractivity contribution >= 4 is 23.4 Å². The molecule has 1 aromatic carbocycles. The van der Waals surface area contributed by atoms with Crippen LogP contribution in [0.15, 0.2) is 23.4 Å². The molecule has 2 aromatic rings. The van der Waals surface area contributed by atoms with Crippen molar-refractivity contribution in [2.24, 2.45) is 0 Å². The highest BCUT2D eigenvalue weighted by molar-refractivity contribution is 7.99. The fourth-order valence-electron chi connectivity index (χ4n) is 2.22. The molecule has 0 spiro atoms. The van der Waals surface area contributed by atoms with Crippen LogP contribution in [0.3, 0.4) is 0 Å². The summed E-state index contributed by atoms with van der Waals surface area (Å²) in [5.41, 5.74) is 0.607. The lowest BCUT2D eigenvalue weighted by molar-refractivity contribution is -0.113. The predicted octanol–water partition coefficient (Wildman–Crippen LogP) is 2.61. The van der Waals surface area contributed by atoms with Gasteiger partial charge in [0.25, 0.3) is 0 Å². The molecular weight excluding hydrogens is 328 g/mol. The van der Waals surface area contributed by atoms with E-state index in [2.05, 4.69) is 15.5 Å². The van der Waals surface area contributed by atoms with E-state index in [9.17, 15) is 4.79 Å². The molecule has 0 unspecified atom stereocenters. The zero-order valence-corrected chi connectivity index (χ0v) is 15.1. The van der Waals surface area contributed by atoms with Crippen molar-refractivity contribution in [2.45, 2.75) is 32.0 Å². The number of thioether (sulfide) groups is 1. The number of aryl methyl sites for hydroxylation is 1. The maximum Gasteiger partial charge on any atom is 0.234 e. The average molecular weight is 350 g/mol. The van der Waals surface area contributed by atoms with Crippen molar-refractivity contribution in [2.75, 3.05) is 25.3 Å². The number of amides is 1. The quantitative estimate of drug-likeness (QED) is 0.737. The summed E-state index contributed by atoms with van der Waals surface area (Å²) in [6, 6.07) is 5.25. The van der Waals surface area contributed by atoms with Crippen LogP contribution in [0.4, 0.5) is 5.69 Å². The second kappa shape index (κ2) is 8.58. The molecule has 1 heterocycles. The Morgan fingerprint density at radius 1 is 1.25 bits per heavy atom. The molecule has 0 aliphatic carbocycles. The molecule has 0 aliphatic heterocycles. The number of hydrogen-bond acceptors (Lipinski definition) is 6. The largest absolute Gasteiger partial charge is 0.497 e. The van der Waals surface area contributed by atoms with E-state index in [4.69, 9.17) is 9.47 Å². The van der Waals surface area contributed by atoms with Gasteiger partial charge in [0.1, 0.15) is 17.3 Å². The van der Waals surface area contributed by atoms with Crippen molar-refractivity contribution in [3.63, 3.8) is 0 Å². The van der Waals surface area contributed by atoms with Gasteiger partial charge in [0.15, 0.2) is 5.16 Å². The molecule has 1 aromatic heterocycles. The standard InChI is InChI=1S/C16H22N4O3S/c1-5-14-18-19-16(20(14)6-2)24-10-15(21)17-12-8-7-11(22-3)9-13(12)23-4/h7-9H,5-6,10H2,1-4H3,(H,17,21). The molecule has 0 atom stereocenters. The summed E-state index contributed by atoms with van der Waals surface area (Å²) in [7, 11) is 3.13. The number of carbonyl (C=O) groups excluding carboxylic acids is 1. The van der Waals surface area contributed by atoms with Crippen LogP contribution in [0.2, 0.25) is 0 Å². The van der Waals surface area contributed by atoms with E-state index in [1.165, 1.54) is 11.8 Å². The molecule has 0 saturated carbocycles. The van der Waals surface area contributed by atoms with E-state index in [-0.39, 0.29) is 11.7 Å². The summed E-state index contributed by atoms with van der Waals surface area (Å²) in [4.78, 5) is 12.2. The highest BCUT2D eigenvalue weighted by Gasteiger charge is 2.13. The molecule has 0 aliphatic rings. The molecule has 0 fully saturated rings. The second-order valence-electron chi connectivity index (χ2n) is 4.90. The Bertz CT molecular complexity index is 703. The molecule has 0 saturated heterocycles. The fraction of sp³-hybridized carbons (Fsp3) is 0.438. The highest BCUT2D eigenvalue weighted by atomic mass is 32.2. The second-order valence-corrected chi connectivity index (χ2v) is 5.84. The van der Waals surface area contributed by atoms with Gasteiger partial charge < -0.3 is 19.4 Å². The van der Waals surface area contributed by atoms with Gasteiger partial charge in [-0.25, -0.2) is 0 Å². The monoisotopic (exact) mass is 350 g/mol. The summed E-state index contributed by atoms with van der Waals surface area (Å²) < 4.78 is 12.4. The molecule has 130 valence electrons. The number of hydrogen-bond donors (Lipinski definition) is 1. The van der Waals surface area contributed by atoms with Gasteiger partial charge >= 0.3 is 0 Å². The Labute approximate surface area is 145 Å². The minimum Gasteiger partial charge on any atom is -0.497 e. The summed E-state index contributed by atoms with van der Waals surface area (Å²) in [5, 5.41) is 11.9. The molecule has 2 rings (SSSR count). The SMILES string of the molecule is CCc1nnc(SCC(=O)Nc2ccc(OC)cc2OC)n1CC. The van der Waals surface area contributed by atoms with Crippen LogP contribution in [-0.2, 0) is 17.8 Å². The average Bonchev–Trinajstić information content (AvgIpc) is 3.02. The number of benzene rings is 1. The molecule has 0 bridgehead atoms.